The Hall–Kier alpha value is -3.12. The Morgan fingerprint density at radius 2 is 1.89 bits per heavy atom. The van der Waals surface area contributed by atoms with Crippen molar-refractivity contribution in [3.63, 3.8) is 0 Å². The summed E-state index contributed by atoms with van der Waals surface area (Å²) in [5.41, 5.74) is 9.99. The molecule has 1 atom stereocenters. The summed E-state index contributed by atoms with van der Waals surface area (Å²) in [5.74, 6) is 0.00473. The second-order valence-corrected chi connectivity index (χ2v) is 7.37. The number of rotatable bonds is 3. The van der Waals surface area contributed by atoms with Crippen LogP contribution < -0.4 is 5.73 Å². The molecule has 2 aromatic carbocycles. The van der Waals surface area contributed by atoms with Crippen molar-refractivity contribution in [2.45, 2.75) is 13.0 Å². The molecule has 28 heavy (non-hydrogen) atoms. The van der Waals surface area contributed by atoms with E-state index < -0.39 is 0 Å². The lowest BCUT2D eigenvalue weighted by molar-refractivity contribution is 0.0498. The first kappa shape index (κ1) is 18.3. The van der Waals surface area contributed by atoms with Gasteiger partial charge in [-0.2, -0.15) is 5.10 Å². The zero-order valence-electron chi connectivity index (χ0n) is 16.2. The molecule has 0 radical (unpaired) electrons. The molecule has 3 aromatic rings. The second kappa shape index (κ2) is 7.48. The number of aryl methyl sites for hydroxylation is 1. The van der Waals surface area contributed by atoms with Crippen LogP contribution in [0.3, 0.4) is 0 Å². The molecule has 0 aliphatic carbocycles. The summed E-state index contributed by atoms with van der Waals surface area (Å²) >= 11 is 0. The first-order valence-corrected chi connectivity index (χ1v) is 9.49. The molecule has 4 rings (SSSR count). The molecule has 6 nitrogen and oxygen atoms in total. The Morgan fingerprint density at radius 1 is 1.11 bits per heavy atom. The predicted molar refractivity (Wildman–Crippen MR) is 110 cm³/mol. The van der Waals surface area contributed by atoms with Crippen LogP contribution >= 0.6 is 0 Å². The van der Waals surface area contributed by atoms with E-state index in [-0.39, 0.29) is 11.9 Å². The normalized spacial score (nSPS) is 17.6. The molecule has 1 aliphatic rings. The van der Waals surface area contributed by atoms with Gasteiger partial charge in [0, 0.05) is 31.5 Å². The Kier molecular flexibility index (Phi) is 4.88. The Labute approximate surface area is 165 Å². The number of aromatic nitrogens is 2. The number of nitrogens with two attached hydrogens (primary N) is 1. The van der Waals surface area contributed by atoms with Gasteiger partial charge in [-0.3, -0.25) is 4.79 Å². The highest BCUT2D eigenvalue weighted by Crippen LogP contribution is 2.29. The number of carbonyl (C=O) groups is 1. The number of hydrogen-bond donors (Lipinski definition) is 1. The number of carbonyl (C=O) groups excluding carboxylic acids is 1. The van der Waals surface area contributed by atoms with Gasteiger partial charge in [0.1, 0.15) is 0 Å². The van der Waals surface area contributed by atoms with Crippen LogP contribution in [0.5, 0.6) is 0 Å². The summed E-state index contributed by atoms with van der Waals surface area (Å²) in [5, 5.41) is 4.48. The van der Waals surface area contributed by atoms with Crippen LogP contribution in [-0.2, 0) is 0 Å². The number of benzene rings is 2. The van der Waals surface area contributed by atoms with E-state index in [0.717, 1.165) is 24.3 Å². The average molecular weight is 375 g/mol. The molecule has 1 unspecified atom stereocenters. The quantitative estimate of drug-likeness (QED) is 0.715. The minimum atomic E-state index is 0.00473. The maximum atomic E-state index is 13.6. The van der Waals surface area contributed by atoms with Crippen molar-refractivity contribution in [2.24, 2.45) is 0 Å². The molecule has 0 saturated carbocycles. The van der Waals surface area contributed by atoms with Crippen molar-refractivity contribution < 1.29 is 4.79 Å². The lowest BCUT2D eigenvalue weighted by atomic mass is 10.0. The van der Waals surface area contributed by atoms with Gasteiger partial charge in [0.2, 0.25) is 0 Å². The first-order chi connectivity index (χ1) is 13.5. The zero-order valence-corrected chi connectivity index (χ0v) is 16.2. The molecular weight excluding hydrogens is 350 g/mol. The molecule has 0 spiro atoms. The van der Waals surface area contributed by atoms with Crippen LogP contribution in [0.25, 0.3) is 5.69 Å². The van der Waals surface area contributed by atoms with Crippen molar-refractivity contribution in [2.75, 3.05) is 32.4 Å². The third kappa shape index (κ3) is 3.51. The first-order valence-electron chi connectivity index (χ1n) is 9.49. The lowest BCUT2D eigenvalue weighted by Crippen LogP contribution is -2.49. The molecule has 1 saturated heterocycles. The van der Waals surface area contributed by atoms with E-state index in [4.69, 9.17) is 5.73 Å². The van der Waals surface area contributed by atoms with Crippen molar-refractivity contribution in [3.8, 4) is 5.69 Å². The standard InChI is InChI=1S/C22H25N5O/c1-16-10-11-27(24-16)20-14-18(23)8-9-19(20)22(28)26-13-12-25(2)15-21(26)17-6-4-3-5-7-17/h3-11,14,21H,12-13,15,23H2,1-2H3. The smallest absolute Gasteiger partial charge is 0.256 e. The molecule has 1 amide bonds. The number of anilines is 1. The molecule has 6 heteroatoms. The maximum absolute atomic E-state index is 13.6. The van der Waals surface area contributed by atoms with Crippen molar-refractivity contribution in [3.05, 3.63) is 77.6 Å². The SMILES string of the molecule is Cc1ccn(-c2cc(N)ccc2C(=O)N2CCN(C)CC2c2ccccc2)n1. The Morgan fingerprint density at radius 3 is 2.61 bits per heavy atom. The summed E-state index contributed by atoms with van der Waals surface area (Å²) in [6, 6.07) is 17.5. The van der Waals surface area contributed by atoms with Gasteiger partial charge >= 0.3 is 0 Å². The van der Waals surface area contributed by atoms with E-state index in [1.54, 1.807) is 10.7 Å². The fraction of sp³-hybridized carbons (Fsp3) is 0.273. The van der Waals surface area contributed by atoms with Crippen LogP contribution in [0.1, 0.15) is 27.7 Å². The number of nitrogens with zero attached hydrogens (tertiary/aromatic N) is 4. The minimum Gasteiger partial charge on any atom is -0.399 e. The number of nitrogen functional groups attached to an aromatic ring is 1. The van der Waals surface area contributed by atoms with Crippen LogP contribution in [0, 0.1) is 6.92 Å². The Bertz CT molecular complexity index is 982. The number of likely N-dealkylation sites (N-methyl/N-ethyl adjacent to an activating group) is 1. The average Bonchev–Trinajstić information content (AvgIpc) is 3.14. The van der Waals surface area contributed by atoms with Gasteiger partial charge in [0.25, 0.3) is 5.91 Å². The monoisotopic (exact) mass is 375 g/mol. The largest absolute Gasteiger partial charge is 0.399 e. The molecule has 2 N–H and O–H groups in total. The third-order valence-corrected chi connectivity index (χ3v) is 5.25. The van der Waals surface area contributed by atoms with Gasteiger partial charge in [0.15, 0.2) is 0 Å². The van der Waals surface area contributed by atoms with E-state index >= 15 is 0 Å². The van der Waals surface area contributed by atoms with Gasteiger partial charge in [0.05, 0.1) is 23.0 Å². The summed E-state index contributed by atoms with van der Waals surface area (Å²) in [4.78, 5) is 17.9. The van der Waals surface area contributed by atoms with Crippen molar-refractivity contribution in [1.82, 2.24) is 19.6 Å². The summed E-state index contributed by atoms with van der Waals surface area (Å²) < 4.78 is 1.73. The second-order valence-electron chi connectivity index (χ2n) is 7.37. The van der Waals surface area contributed by atoms with E-state index in [0.29, 0.717) is 23.5 Å². The fourth-order valence-corrected chi connectivity index (χ4v) is 3.75. The topological polar surface area (TPSA) is 67.4 Å². The molecular formula is C22H25N5O. The molecule has 1 aromatic heterocycles. The van der Waals surface area contributed by atoms with E-state index in [9.17, 15) is 4.79 Å². The van der Waals surface area contributed by atoms with Gasteiger partial charge in [-0.05, 0) is 43.8 Å². The highest BCUT2D eigenvalue weighted by molar-refractivity contribution is 5.98. The zero-order chi connectivity index (χ0) is 19.7. The van der Waals surface area contributed by atoms with Gasteiger partial charge in [-0.25, -0.2) is 4.68 Å². The Balaban J connectivity index is 1.74. The highest BCUT2D eigenvalue weighted by atomic mass is 16.2. The van der Waals surface area contributed by atoms with E-state index in [1.165, 1.54) is 0 Å². The number of amides is 1. The molecule has 1 aliphatic heterocycles. The fourth-order valence-electron chi connectivity index (χ4n) is 3.75. The molecule has 1 fully saturated rings. The number of hydrogen-bond acceptors (Lipinski definition) is 4. The molecule has 144 valence electrons. The summed E-state index contributed by atoms with van der Waals surface area (Å²) in [7, 11) is 2.10. The van der Waals surface area contributed by atoms with Crippen LogP contribution in [-0.4, -0.2) is 52.2 Å². The predicted octanol–water partition coefficient (Wildman–Crippen LogP) is 2.89. The van der Waals surface area contributed by atoms with Gasteiger partial charge in [-0.15, -0.1) is 0 Å². The maximum Gasteiger partial charge on any atom is 0.256 e. The van der Waals surface area contributed by atoms with Gasteiger partial charge in [-0.1, -0.05) is 30.3 Å². The van der Waals surface area contributed by atoms with Crippen LogP contribution in [0.2, 0.25) is 0 Å². The van der Waals surface area contributed by atoms with E-state index in [2.05, 4.69) is 29.2 Å². The minimum absolute atomic E-state index is 0.00473. The van der Waals surface area contributed by atoms with E-state index in [1.807, 2.05) is 54.4 Å². The lowest BCUT2D eigenvalue weighted by Gasteiger charge is -2.40. The van der Waals surface area contributed by atoms with Crippen LogP contribution in [0.15, 0.2) is 60.8 Å². The molecule has 0 bridgehead atoms. The van der Waals surface area contributed by atoms with Crippen molar-refractivity contribution in [1.29, 1.82) is 0 Å². The van der Waals surface area contributed by atoms with Crippen molar-refractivity contribution >= 4 is 11.6 Å². The summed E-state index contributed by atoms with van der Waals surface area (Å²) in [6.45, 7) is 4.26. The van der Waals surface area contributed by atoms with Crippen LogP contribution in [0.4, 0.5) is 5.69 Å². The third-order valence-electron chi connectivity index (χ3n) is 5.25. The van der Waals surface area contributed by atoms with Gasteiger partial charge < -0.3 is 15.5 Å². The summed E-state index contributed by atoms with van der Waals surface area (Å²) in [6.07, 6.45) is 1.86. The number of piperazine rings is 1. The highest BCUT2D eigenvalue weighted by Gasteiger charge is 2.32. The molecule has 2 heterocycles.